The molecule has 0 saturated heterocycles. The van der Waals surface area contributed by atoms with Crippen LogP contribution in [-0.2, 0) is 12.6 Å². The molecule has 1 saturated carbocycles. The first-order valence-corrected chi connectivity index (χ1v) is 5.76. The zero-order valence-corrected chi connectivity index (χ0v) is 9.77. The summed E-state index contributed by atoms with van der Waals surface area (Å²) in [5, 5.41) is 0. The minimum absolute atomic E-state index is 0.0465. The highest BCUT2D eigenvalue weighted by molar-refractivity contribution is 5.33. The van der Waals surface area contributed by atoms with Gasteiger partial charge in [-0.3, -0.25) is 0 Å². The third-order valence-electron chi connectivity index (χ3n) is 3.45. The first-order valence-electron chi connectivity index (χ1n) is 5.76. The quantitative estimate of drug-likeness (QED) is 0.864. The van der Waals surface area contributed by atoms with Gasteiger partial charge in [0.2, 0.25) is 0 Å². The van der Waals surface area contributed by atoms with Crippen molar-refractivity contribution in [2.45, 2.75) is 44.3 Å². The van der Waals surface area contributed by atoms with Gasteiger partial charge in [0.05, 0.1) is 5.56 Å². The number of rotatable bonds is 3. The van der Waals surface area contributed by atoms with Crippen LogP contribution in [0.3, 0.4) is 0 Å². The molecule has 2 rings (SSSR count). The summed E-state index contributed by atoms with van der Waals surface area (Å²) in [6.45, 7) is 1.72. The summed E-state index contributed by atoms with van der Waals surface area (Å²) < 4.78 is 37.4. The van der Waals surface area contributed by atoms with Crippen molar-refractivity contribution in [1.29, 1.82) is 0 Å². The molecule has 0 unspecified atom stereocenters. The summed E-state index contributed by atoms with van der Waals surface area (Å²) in [6.07, 6.45) is -0.562. The van der Waals surface area contributed by atoms with Crippen molar-refractivity contribution in [3.8, 4) is 0 Å². The molecule has 1 aliphatic carbocycles. The van der Waals surface area contributed by atoms with Crippen LogP contribution in [0.2, 0.25) is 0 Å². The lowest BCUT2D eigenvalue weighted by molar-refractivity contribution is -0.137. The predicted molar refractivity (Wildman–Crippen MR) is 60.7 cm³/mol. The molecular weight excluding hydrogens is 227 g/mol. The Balaban J connectivity index is 2.09. The van der Waals surface area contributed by atoms with Crippen molar-refractivity contribution < 1.29 is 13.2 Å². The fourth-order valence-corrected chi connectivity index (χ4v) is 1.95. The Labute approximate surface area is 98.8 Å². The summed E-state index contributed by atoms with van der Waals surface area (Å²) >= 11 is 0. The first kappa shape index (κ1) is 12.4. The number of aryl methyl sites for hydroxylation is 2. The van der Waals surface area contributed by atoms with Gasteiger partial charge in [-0.2, -0.15) is 13.2 Å². The van der Waals surface area contributed by atoms with Crippen LogP contribution in [0, 0.1) is 6.92 Å². The zero-order valence-electron chi connectivity index (χ0n) is 9.77. The Morgan fingerprint density at radius 2 is 1.94 bits per heavy atom. The topological polar surface area (TPSA) is 26.0 Å². The van der Waals surface area contributed by atoms with Crippen LogP contribution < -0.4 is 5.73 Å². The highest BCUT2D eigenvalue weighted by atomic mass is 19.4. The van der Waals surface area contributed by atoms with Crippen molar-refractivity contribution in [2.75, 3.05) is 0 Å². The zero-order chi connectivity index (χ0) is 12.7. The lowest BCUT2D eigenvalue weighted by Crippen LogP contribution is -2.22. The summed E-state index contributed by atoms with van der Waals surface area (Å²) in [7, 11) is 0. The number of benzene rings is 1. The molecule has 1 aromatic rings. The van der Waals surface area contributed by atoms with E-state index in [0.29, 0.717) is 5.56 Å². The van der Waals surface area contributed by atoms with Gasteiger partial charge in [0.25, 0.3) is 0 Å². The monoisotopic (exact) mass is 243 g/mol. The van der Waals surface area contributed by atoms with Gasteiger partial charge in [-0.25, -0.2) is 0 Å². The lowest BCUT2D eigenvalue weighted by Gasteiger charge is -2.13. The Kier molecular flexibility index (Phi) is 2.94. The fourth-order valence-electron chi connectivity index (χ4n) is 1.95. The van der Waals surface area contributed by atoms with Gasteiger partial charge in [-0.15, -0.1) is 0 Å². The number of hydrogen-bond donors (Lipinski definition) is 1. The highest BCUT2D eigenvalue weighted by Crippen LogP contribution is 2.37. The van der Waals surface area contributed by atoms with Gasteiger partial charge in [0.15, 0.2) is 0 Å². The van der Waals surface area contributed by atoms with Crippen LogP contribution in [0.5, 0.6) is 0 Å². The molecular formula is C13H16F3N. The molecule has 1 aromatic carbocycles. The second kappa shape index (κ2) is 4.02. The average Bonchev–Trinajstić information content (AvgIpc) is 2.94. The highest BCUT2D eigenvalue weighted by Gasteiger charge is 2.37. The molecule has 0 atom stereocenters. The van der Waals surface area contributed by atoms with E-state index in [1.807, 2.05) is 0 Å². The minimum atomic E-state index is -4.26. The Morgan fingerprint density at radius 3 is 2.41 bits per heavy atom. The van der Waals surface area contributed by atoms with Gasteiger partial charge in [-0.05, 0) is 55.9 Å². The minimum Gasteiger partial charge on any atom is -0.325 e. The summed E-state index contributed by atoms with van der Waals surface area (Å²) in [4.78, 5) is 0. The van der Waals surface area contributed by atoms with Gasteiger partial charge in [-0.1, -0.05) is 6.07 Å². The molecule has 4 heteroatoms. The fraction of sp³-hybridized carbons (Fsp3) is 0.538. The molecule has 0 amide bonds. The molecule has 1 nitrogen and oxygen atoms in total. The number of alkyl halides is 3. The van der Waals surface area contributed by atoms with Crippen LogP contribution >= 0.6 is 0 Å². The maximum absolute atomic E-state index is 12.5. The first-order chi connectivity index (χ1) is 7.80. The van der Waals surface area contributed by atoms with Crippen molar-refractivity contribution in [3.05, 3.63) is 34.9 Å². The normalized spacial score (nSPS) is 18.2. The molecule has 0 aliphatic heterocycles. The van der Waals surface area contributed by atoms with Crippen LogP contribution in [0.15, 0.2) is 18.2 Å². The van der Waals surface area contributed by atoms with Crippen molar-refractivity contribution >= 4 is 0 Å². The average molecular weight is 243 g/mol. The van der Waals surface area contributed by atoms with E-state index in [1.54, 1.807) is 13.0 Å². The van der Waals surface area contributed by atoms with Gasteiger partial charge in [0, 0.05) is 5.54 Å². The van der Waals surface area contributed by atoms with E-state index in [9.17, 15) is 13.2 Å². The predicted octanol–water partition coefficient (Wildman–Crippen LogP) is 3.44. The number of hydrogen-bond acceptors (Lipinski definition) is 1. The van der Waals surface area contributed by atoms with Crippen molar-refractivity contribution in [3.63, 3.8) is 0 Å². The number of halogens is 3. The van der Waals surface area contributed by atoms with Crippen LogP contribution in [0.4, 0.5) is 13.2 Å². The molecule has 1 aliphatic rings. The summed E-state index contributed by atoms with van der Waals surface area (Å²) in [5.74, 6) is 0. The lowest BCUT2D eigenvalue weighted by atomic mass is 9.98. The van der Waals surface area contributed by atoms with Crippen molar-refractivity contribution in [2.24, 2.45) is 5.73 Å². The van der Waals surface area contributed by atoms with Gasteiger partial charge in [0.1, 0.15) is 0 Å². The SMILES string of the molecule is Cc1cc(C(F)(F)F)ccc1CCC1(N)CC1. The molecule has 0 radical (unpaired) electrons. The smallest absolute Gasteiger partial charge is 0.325 e. The molecule has 94 valence electrons. The van der Waals surface area contributed by atoms with Crippen LogP contribution in [0.1, 0.15) is 36.0 Å². The maximum Gasteiger partial charge on any atom is 0.416 e. The molecule has 1 fully saturated rings. The Morgan fingerprint density at radius 1 is 1.29 bits per heavy atom. The second-order valence-corrected chi connectivity index (χ2v) is 5.00. The molecule has 0 heterocycles. The van der Waals surface area contributed by atoms with E-state index >= 15 is 0 Å². The third kappa shape index (κ3) is 3.00. The summed E-state index contributed by atoms with van der Waals surface area (Å²) in [5.41, 5.74) is 7.01. The Hall–Kier alpha value is -1.03. The van der Waals surface area contributed by atoms with E-state index in [-0.39, 0.29) is 5.54 Å². The second-order valence-electron chi connectivity index (χ2n) is 5.00. The standard InChI is InChI=1S/C13H16F3N/c1-9-8-11(13(14,15)16)3-2-10(9)4-5-12(17)6-7-12/h2-3,8H,4-7,17H2,1H3. The summed E-state index contributed by atoms with van der Waals surface area (Å²) in [6, 6.07) is 3.94. The van der Waals surface area contributed by atoms with Crippen LogP contribution in [0.25, 0.3) is 0 Å². The van der Waals surface area contributed by atoms with E-state index in [1.165, 1.54) is 6.07 Å². The Bertz CT molecular complexity index is 419. The van der Waals surface area contributed by atoms with Gasteiger partial charge >= 0.3 is 6.18 Å². The van der Waals surface area contributed by atoms with E-state index in [2.05, 4.69) is 0 Å². The number of nitrogens with two attached hydrogens (primary N) is 1. The molecule has 0 aromatic heterocycles. The third-order valence-corrected chi connectivity index (χ3v) is 3.45. The maximum atomic E-state index is 12.5. The van der Waals surface area contributed by atoms with E-state index in [4.69, 9.17) is 5.73 Å². The molecule has 0 bridgehead atoms. The largest absolute Gasteiger partial charge is 0.416 e. The van der Waals surface area contributed by atoms with Crippen LogP contribution in [-0.4, -0.2) is 5.54 Å². The van der Waals surface area contributed by atoms with Crippen molar-refractivity contribution in [1.82, 2.24) is 0 Å². The van der Waals surface area contributed by atoms with Gasteiger partial charge < -0.3 is 5.73 Å². The molecule has 0 spiro atoms. The molecule has 17 heavy (non-hydrogen) atoms. The van der Waals surface area contributed by atoms with E-state index in [0.717, 1.165) is 37.3 Å². The van der Waals surface area contributed by atoms with E-state index < -0.39 is 11.7 Å². The molecule has 2 N–H and O–H groups in total.